The van der Waals surface area contributed by atoms with Crippen LogP contribution in [-0.2, 0) is 14.8 Å². The van der Waals surface area contributed by atoms with Crippen LogP contribution in [0.1, 0.15) is 0 Å². The van der Waals surface area contributed by atoms with Crippen LogP contribution in [0.3, 0.4) is 0 Å². The summed E-state index contributed by atoms with van der Waals surface area (Å²) in [7, 11) is -4.15. The van der Waals surface area contributed by atoms with Crippen LogP contribution in [0.2, 0.25) is 0 Å². The number of morpholine rings is 1. The lowest BCUT2D eigenvalue weighted by Crippen LogP contribution is -2.41. The minimum atomic E-state index is -4.15. The maximum atomic E-state index is 12.3. The molecule has 1 saturated heterocycles. The van der Waals surface area contributed by atoms with Gasteiger partial charge in [-0.05, 0) is 6.07 Å². The smallest absolute Gasteiger partial charge is 0.296 e. The third-order valence-electron chi connectivity index (χ3n) is 3.46. The van der Waals surface area contributed by atoms with Gasteiger partial charge in [0, 0.05) is 32.2 Å². The summed E-state index contributed by atoms with van der Waals surface area (Å²) >= 11 is 0. The number of nitrogens with one attached hydrogen (secondary N) is 1. The summed E-state index contributed by atoms with van der Waals surface area (Å²) in [6.07, 6.45) is 0. The summed E-state index contributed by atoms with van der Waals surface area (Å²) < 4.78 is 32.0. The maximum absolute atomic E-state index is 12.3. The normalized spacial score (nSPS) is 16.0. The fraction of sp³-hybridized carbons (Fsp3) is 0.500. The number of benzene rings is 1. The highest BCUT2D eigenvalue weighted by molar-refractivity contribution is 7.89. The Labute approximate surface area is 137 Å². The van der Waals surface area contributed by atoms with E-state index in [0.29, 0.717) is 38.9 Å². The molecule has 0 atom stereocenters. The fourth-order valence-electron chi connectivity index (χ4n) is 2.23. The van der Waals surface area contributed by atoms with Crippen LogP contribution < -0.4 is 4.72 Å². The molecular weight excluding hydrogens is 344 g/mol. The van der Waals surface area contributed by atoms with Crippen molar-refractivity contribution in [3.05, 3.63) is 38.4 Å². The van der Waals surface area contributed by atoms with Crippen molar-refractivity contribution in [3.63, 3.8) is 0 Å². The summed E-state index contributed by atoms with van der Waals surface area (Å²) in [5, 5.41) is 21.7. The van der Waals surface area contributed by atoms with Crippen LogP contribution in [-0.4, -0.2) is 62.6 Å². The summed E-state index contributed by atoms with van der Waals surface area (Å²) in [6, 6.07) is 2.42. The first-order valence-corrected chi connectivity index (χ1v) is 8.52. The Hall–Kier alpha value is -2.15. The van der Waals surface area contributed by atoms with E-state index in [1.54, 1.807) is 0 Å². The molecule has 0 bridgehead atoms. The van der Waals surface area contributed by atoms with Gasteiger partial charge in [0.15, 0.2) is 4.90 Å². The third-order valence-corrected chi connectivity index (χ3v) is 4.97. The lowest BCUT2D eigenvalue weighted by molar-refractivity contribution is -0.396. The summed E-state index contributed by atoms with van der Waals surface area (Å²) in [5.74, 6) is 0. The number of non-ortho nitro benzene ring substituents is 1. The van der Waals surface area contributed by atoms with Crippen LogP contribution in [0.4, 0.5) is 11.4 Å². The number of nitrogens with zero attached hydrogens (tertiary/aromatic N) is 3. The topological polar surface area (TPSA) is 145 Å². The minimum Gasteiger partial charge on any atom is -0.379 e. The molecule has 2 rings (SSSR count). The van der Waals surface area contributed by atoms with Gasteiger partial charge in [-0.1, -0.05) is 0 Å². The first-order valence-electron chi connectivity index (χ1n) is 7.04. The highest BCUT2D eigenvalue weighted by Gasteiger charge is 2.28. The van der Waals surface area contributed by atoms with E-state index in [9.17, 15) is 28.6 Å². The molecule has 0 spiro atoms. The second-order valence-electron chi connectivity index (χ2n) is 5.02. The molecule has 1 aliphatic heterocycles. The number of ether oxygens (including phenoxy) is 1. The van der Waals surface area contributed by atoms with Gasteiger partial charge < -0.3 is 4.74 Å². The van der Waals surface area contributed by atoms with Crippen molar-refractivity contribution in [2.75, 3.05) is 39.4 Å². The largest absolute Gasteiger partial charge is 0.379 e. The molecule has 1 heterocycles. The van der Waals surface area contributed by atoms with Crippen molar-refractivity contribution >= 4 is 21.4 Å². The highest BCUT2D eigenvalue weighted by Crippen LogP contribution is 2.28. The lowest BCUT2D eigenvalue weighted by Gasteiger charge is -2.26. The lowest BCUT2D eigenvalue weighted by atomic mass is 10.3. The zero-order chi connectivity index (χ0) is 17.7. The van der Waals surface area contributed by atoms with Gasteiger partial charge in [0.25, 0.3) is 11.4 Å². The molecule has 1 aromatic rings. The van der Waals surface area contributed by atoms with Crippen molar-refractivity contribution in [2.45, 2.75) is 4.90 Å². The van der Waals surface area contributed by atoms with Gasteiger partial charge in [0.05, 0.1) is 29.1 Å². The molecule has 0 aliphatic carbocycles. The Balaban J connectivity index is 2.12. The van der Waals surface area contributed by atoms with Crippen LogP contribution in [0.15, 0.2) is 23.1 Å². The molecule has 132 valence electrons. The van der Waals surface area contributed by atoms with Gasteiger partial charge in [-0.25, -0.2) is 13.1 Å². The van der Waals surface area contributed by atoms with Crippen LogP contribution in [0, 0.1) is 20.2 Å². The Kier molecular flexibility index (Phi) is 5.77. The van der Waals surface area contributed by atoms with Crippen molar-refractivity contribution in [1.29, 1.82) is 0 Å². The average Bonchev–Trinajstić information content (AvgIpc) is 2.55. The quantitative estimate of drug-likeness (QED) is 0.533. The molecule has 24 heavy (non-hydrogen) atoms. The predicted molar refractivity (Wildman–Crippen MR) is 82.2 cm³/mol. The Bertz CT molecular complexity index is 731. The molecular formula is C12H16N4O7S. The van der Waals surface area contributed by atoms with Gasteiger partial charge in [-0.2, -0.15) is 0 Å². The molecule has 0 radical (unpaired) electrons. The van der Waals surface area contributed by atoms with E-state index >= 15 is 0 Å². The van der Waals surface area contributed by atoms with Gasteiger partial charge in [0.2, 0.25) is 10.0 Å². The fourth-order valence-corrected chi connectivity index (χ4v) is 3.40. The van der Waals surface area contributed by atoms with Crippen LogP contribution >= 0.6 is 0 Å². The minimum absolute atomic E-state index is 0.0659. The number of nitro groups is 2. The molecule has 0 aromatic heterocycles. The van der Waals surface area contributed by atoms with E-state index < -0.39 is 36.1 Å². The van der Waals surface area contributed by atoms with Gasteiger partial charge in [-0.15, -0.1) is 0 Å². The van der Waals surface area contributed by atoms with E-state index in [2.05, 4.69) is 4.72 Å². The molecule has 1 aromatic carbocycles. The molecule has 1 fully saturated rings. The molecule has 1 N–H and O–H groups in total. The Morgan fingerprint density at radius 2 is 1.83 bits per heavy atom. The number of hydrogen-bond acceptors (Lipinski definition) is 8. The molecule has 12 heteroatoms. The summed E-state index contributed by atoms with van der Waals surface area (Å²) in [4.78, 5) is 21.3. The Morgan fingerprint density at radius 1 is 1.17 bits per heavy atom. The summed E-state index contributed by atoms with van der Waals surface area (Å²) in [6.45, 7) is 3.00. The van der Waals surface area contributed by atoms with E-state index in [1.807, 2.05) is 4.90 Å². The summed E-state index contributed by atoms with van der Waals surface area (Å²) in [5.41, 5.74) is -1.38. The maximum Gasteiger partial charge on any atom is 0.296 e. The molecule has 0 unspecified atom stereocenters. The predicted octanol–water partition coefficient (Wildman–Crippen LogP) is 0.114. The van der Waals surface area contributed by atoms with Gasteiger partial charge >= 0.3 is 0 Å². The first kappa shape index (κ1) is 18.2. The molecule has 0 amide bonds. The van der Waals surface area contributed by atoms with E-state index in [0.717, 1.165) is 12.1 Å². The molecule has 0 saturated carbocycles. The first-order chi connectivity index (χ1) is 11.3. The number of nitro benzene ring substituents is 2. The number of hydrogen-bond donors (Lipinski definition) is 1. The zero-order valence-electron chi connectivity index (χ0n) is 12.6. The Morgan fingerprint density at radius 3 is 2.42 bits per heavy atom. The van der Waals surface area contributed by atoms with Crippen molar-refractivity contribution in [1.82, 2.24) is 9.62 Å². The highest BCUT2D eigenvalue weighted by atomic mass is 32.2. The van der Waals surface area contributed by atoms with Crippen molar-refractivity contribution in [3.8, 4) is 0 Å². The monoisotopic (exact) mass is 360 g/mol. The average molecular weight is 360 g/mol. The molecule has 1 aliphatic rings. The third kappa shape index (κ3) is 4.44. The molecule has 11 nitrogen and oxygen atoms in total. The second-order valence-corrected chi connectivity index (χ2v) is 6.75. The van der Waals surface area contributed by atoms with Crippen LogP contribution in [0.5, 0.6) is 0 Å². The van der Waals surface area contributed by atoms with E-state index in [-0.39, 0.29) is 6.54 Å². The van der Waals surface area contributed by atoms with E-state index in [1.165, 1.54) is 0 Å². The number of rotatable bonds is 7. The second kappa shape index (κ2) is 7.61. The van der Waals surface area contributed by atoms with Crippen LogP contribution in [0.25, 0.3) is 0 Å². The van der Waals surface area contributed by atoms with Gasteiger partial charge in [-0.3, -0.25) is 25.1 Å². The SMILES string of the molecule is O=[N+]([O-])c1ccc(S(=O)(=O)NCCN2CCOCC2)c([N+](=O)[O-])c1. The van der Waals surface area contributed by atoms with Crippen molar-refractivity contribution in [2.24, 2.45) is 0 Å². The standard InChI is InChI=1S/C12H16N4O7S/c17-15(18)10-1-2-12(11(9-10)16(19)20)24(21,22)13-3-4-14-5-7-23-8-6-14/h1-2,9,13H,3-8H2. The van der Waals surface area contributed by atoms with Gasteiger partial charge in [0.1, 0.15) is 0 Å². The van der Waals surface area contributed by atoms with E-state index in [4.69, 9.17) is 4.74 Å². The van der Waals surface area contributed by atoms with Crippen molar-refractivity contribution < 1.29 is 23.0 Å². The number of sulfonamides is 1. The zero-order valence-corrected chi connectivity index (χ0v) is 13.4.